The van der Waals surface area contributed by atoms with Crippen molar-refractivity contribution in [1.29, 1.82) is 0 Å². The van der Waals surface area contributed by atoms with Gasteiger partial charge in [-0.25, -0.2) is 14.4 Å². The van der Waals surface area contributed by atoms with Gasteiger partial charge >= 0.3 is 17.8 Å². The van der Waals surface area contributed by atoms with E-state index in [1.807, 2.05) is 0 Å². The van der Waals surface area contributed by atoms with Crippen molar-refractivity contribution in [2.45, 2.75) is 46.3 Å². The predicted octanol–water partition coefficient (Wildman–Crippen LogP) is 1.59. The molecule has 0 unspecified atom stereocenters. The topological polar surface area (TPSA) is 104 Å². The number of nitrogens with one attached hydrogen (secondary N) is 1. The molecule has 0 fully saturated rings. The Hall–Kier alpha value is -2.84. The van der Waals surface area contributed by atoms with Crippen molar-refractivity contribution in [2.75, 3.05) is 13.2 Å². The molecule has 2 aromatic rings. The molecule has 0 saturated heterocycles. The predicted molar refractivity (Wildman–Crippen MR) is 94.3 cm³/mol. The van der Waals surface area contributed by atoms with E-state index >= 15 is 0 Å². The summed E-state index contributed by atoms with van der Waals surface area (Å²) < 4.78 is 12.9. The standard InChI is InChI=1S/C17H24N4O5/c1-5-25-14(22)13-12-11-18-8-10-20(12)16(24)21(13)9-6-7-19-15(23)26-17(2,3)4/h8,10-11H,5-7,9H2,1-4H3,(H,19,23). The van der Waals surface area contributed by atoms with Crippen molar-refractivity contribution in [1.82, 2.24) is 19.3 Å². The molecular weight excluding hydrogens is 340 g/mol. The third-order valence-electron chi connectivity index (χ3n) is 3.40. The first-order chi connectivity index (χ1) is 12.2. The Bertz CT molecular complexity index is 847. The van der Waals surface area contributed by atoms with Crippen molar-refractivity contribution in [3.05, 3.63) is 34.8 Å². The highest BCUT2D eigenvalue weighted by Crippen LogP contribution is 2.11. The summed E-state index contributed by atoms with van der Waals surface area (Å²) >= 11 is 0. The zero-order chi connectivity index (χ0) is 19.3. The number of imidazole rings is 1. The summed E-state index contributed by atoms with van der Waals surface area (Å²) in [6.07, 6.45) is 4.33. The van der Waals surface area contributed by atoms with E-state index in [9.17, 15) is 14.4 Å². The minimum Gasteiger partial charge on any atom is -0.461 e. The molecule has 0 aromatic carbocycles. The number of carbonyl (C=O) groups excluding carboxylic acids is 2. The number of hydrogen-bond acceptors (Lipinski definition) is 6. The zero-order valence-electron chi connectivity index (χ0n) is 15.4. The normalized spacial score (nSPS) is 11.4. The molecule has 9 nitrogen and oxygen atoms in total. The Kier molecular flexibility index (Phi) is 6.01. The minimum atomic E-state index is -0.583. The number of carbonyl (C=O) groups is 2. The quantitative estimate of drug-likeness (QED) is 0.617. The van der Waals surface area contributed by atoms with E-state index in [0.717, 1.165) is 0 Å². The molecule has 0 bridgehead atoms. The first kappa shape index (κ1) is 19.5. The fourth-order valence-electron chi connectivity index (χ4n) is 2.43. The number of hydrogen-bond donors (Lipinski definition) is 1. The van der Waals surface area contributed by atoms with Crippen LogP contribution in [0.3, 0.4) is 0 Å². The molecule has 0 aliphatic carbocycles. The van der Waals surface area contributed by atoms with Crippen molar-refractivity contribution < 1.29 is 19.1 Å². The number of rotatable bonds is 6. The van der Waals surface area contributed by atoms with Crippen LogP contribution in [0.25, 0.3) is 5.52 Å². The Morgan fingerprint density at radius 2 is 2.04 bits per heavy atom. The average Bonchev–Trinajstić information content (AvgIpc) is 2.83. The SMILES string of the molecule is CCOC(=O)c1c2cnccn2c(=O)n1CCCNC(=O)OC(C)(C)C. The van der Waals surface area contributed by atoms with Crippen LogP contribution in [-0.2, 0) is 16.0 Å². The Morgan fingerprint density at radius 3 is 2.69 bits per heavy atom. The Labute approximate surface area is 150 Å². The van der Waals surface area contributed by atoms with Crippen LogP contribution in [0.2, 0.25) is 0 Å². The first-order valence-corrected chi connectivity index (χ1v) is 8.43. The monoisotopic (exact) mass is 364 g/mol. The molecule has 0 saturated carbocycles. The van der Waals surface area contributed by atoms with Gasteiger partial charge in [0.05, 0.1) is 18.3 Å². The van der Waals surface area contributed by atoms with E-state index in [1.165, 1.54) is 27.6 Å². The minimum absolute atomic E-state index is 0.155. The Balaban J connectivity index is 2.13. The molecule has 0 radical (unpaired) electrons. The smallest absolute Gasteiger partial charge is 0.407 e. The van der Waals surface area contributed by atoms with Crippen LogP contribution in [-0.4, -0.2) is 44.8 Å². The van der Waals surface area contributed by atoms with Crippen LogP contribution in [0.5, 0.6) is 0 Å². The maximum Gasteiger partial charge on any atom is 0.407 e. The highest BCUT2D eigenvalue weighted by Gasteiger charge is 2.22. The highest BCUT2D eigenvalue weighted by atomic mass is 16.6. The van der Waals surface area contributed by atoms with Gasteiger partial charge in [0.1, 0.15) is 5.60 Å². The van der Waals surface area contributed by atoms with E-state index in [2.05, 4.69) is 10.3 Å². The molecule has 2 heterocycles. The molecule has 0 spiro atoms. The molecule has 0 aliphatic rings. The van der Waals surface area contributed by atoms with E-state index in [1.54, 1.807) is 27.7 Å². The summed E-state index contributed by atoms with van der Waals surface area (Å²) in [5, 5.41) is 2.62. The van der Waals surface area contributed by atoms with Crippen LogP contribution >= 0.6 is 0 Å². The largest absolute Gasteiger partial charge is 0.461 e. The number of fused-ring (bicyclic) bond motifs is 1. The van der Waals surface area contributed by atoms with Gasteiger partial charge in [0.15, 0.2) is 5.69 Å². The molecule has 0 aliphatic heterocycles. The van der Waals surface area contributed by atoms with Gasteiger partial charge < -0.3 is 14.8 Å². The van der Waals surface area contributed by atoms with Gasteiger partial charge in [-0.1, -0.05) is 0 Å². The van der Waals surface area contributed by atoms with Gasteiger partial charge in [0.2, 0.25) is 0 Å². The summed E-state index contributed by atoms with van der Waals surface area (Å²) in [7, 11) is 0. The molecule has 26 heavy (non-hydrogen) atoms. The zero-order valence-corrected chi connectivity index (χ0v) is 15.4. The lowest BCUT2D eigenvalue weighted by Crippen LogP contribution is -2.33. The number of amides is 1. The average molecular weight is 364 g/mol. The Morgan fingerprint density at radius 1 is 1.31 bits per heavy atom. The van der Waals surface area contributed by atoms with Gasteiger partial charge in [-0.3, -0.25) is 14.0 Å². The number of esters is 1. The van der Waals surface area contributed by atoms with Crippen LogP contribution in [0.4, 0.5) is 4.79 Å². The molecule has 0 atom stereocenters. The van der Waals surface area contributed by atoms with Crippen molar-refractivity contribution >= 4 is 17.6 Å². The number of ether oxygens (including phenoxy) is 2. The second kappa shape index (κ2) is 8.03. The number of aromatic nitrogens is 3. The third-order valence-corrected chi connectivity index (χ3v) is 3.40. The lowest BCUT2D eigenvalue weighted by molar-refractivity contribution is 0.0504. The lowest BCUT2D eigenvalue weighted by atomic mass is 10.2. The number of alkyl carbamates (subject to hydrolysis) is 1. The molecule has 142 valence electrons. The van der Waals surface area contributed by atoms with Crippen LogP contribution < -0.4 is 11.0 Å². The second-order valence-corrected chi connectivity index (χ2v) is 6.62. The molecule has 2 aromatic heterocycles. The molecular formula is C17H24N4O5. The van der Waals surface area contributed by atoms with Crippen molar-refractivity contribution in [2.24, 2.45) is 0 Å². The van der Waals surface area contributed by atoms with Crippen molar-refractivity contribution in [3.63, 3.8) is 0 Å². The summed E-state index contributed by atoms with van der Waals surface area (Å²) in [6.45, 7) is 7.76. The molecule has 1 N–H and O–H groups in total. The third kappa shape index (κ3) is 4.62. The van der Waals surface area contributed by atoms with Crippen molar-refractivity contribution in [3.8, 4) is 0 Å². The number of nitrogens with zero attached hydrogens (tertiary/aromatic N) is 3. The first-order valence-electron chi connectivity index (χ1n) is 8.43. The van der Waals surface area contributed by atoms with Crippen LogP contribution in [0.15, 0.2) is 23.4 Å². The molecule has 9 heteroatoms. The fraction of sp³-hybridized carbons (Fsp3) is 0.529. The van der Waals surface area contributed by atoms with Gasteiger partial charge in [0.25, 0.3) is 0 Å². The van der Waals surface area contributed by atoms with Gasteiger partial charge in [0, 0.05) is 25.5 Å². The van der Waals surface area contributed by atoms with E-state index < -0.39 is 17.7 Å². The second-order valence-electron chi connectivity index (χ2n) is 6.62. The van der Waals surface area contributed by atoms with Crippen LogP contribution in [0, 0.1) is 0 Å². The highest BCUT2D eigenvalue weighted by molar-refractivity contribution is 5.95. The van der Waals surface area contributed by atoms with E-state index in [-0.39, 0.29) is 24.5 Å². The fourth-order valence-corrected chi connectivity index (χ4v) is 2.43. The van der Waals surface area contributed by atoms with Gasteiger partial charge in [-0.2, -0.15) is 0 Å². The maximum absolute atomic E-state index is 12.6. The summed E-state index contributed by atoms with van der Waals surface area (Å²) in [4.78, 5) is 40.4. The summed E-state index contributed by atoms with van der Waals surface area (Å²) in [5.41, 5.74) is -0.397. The van der Waals surface area contributed by atoms with Crippen LogP contribution in [0.1, 0.15) is 44.6 Å². The molecule has 2 rings (SSSR count). The summed E-state index contributed by atoms with van der Waals surface area (Å²) in [6, 6.07) is 0. The summed E-state index contributed by atoms with van der Waals surface area (Å²) in [5.74, 6) is -0.583. The van der Waals surface area contributed by atoms with Gasteiger partial charge in [-0.05, 0) is 34.1 Å². The van der Waals surface area contributed by atoms with E-state index in [4.69, 9.17) is 9.47 Å². The molecule has 1 amide bonds. The van der Waals surface area contributed by atoms with E-state index in [0.29, 0.717) is 18.5 Å². The maximum atomic E-state index is 12.6. The van der Waals surface area contributed by atoms with Gasteiger partial charge in [-0.15, -0.1) is 0 Å². The lowest BCUT2D eigenvalue weighted by Gasteiger charge is -2.19.